The van der Waals surface area contributed by atoms with Crippen LogP contribution in [-0.4, -0.2) is 303 Å². The van der Waals surface area contributed by atoms with Crippen molar-refractivity contribution in [1.29, 1.82) is 0 Å². The number of aliphatic hydroxyl groups is 2. The highest BCUT2D eigenvalue weighted by molar-refractivity contribution is 6.25. The number of hydrogen-bond donors (Lipinski definition) is 12. The molecule has 0 heterocycles. The molecule has 0 aromatic heterocycles. The highest BCUT2D eigenvalue weighted by atomic mass is 16.3. The molecular formula is C94H143N21O5+6. The molecule has 0 atom stereocenters. The van der Waals surface area contributed by atoms with Gasteiger partial charge in [-0.05, 0) is 164 Å². The van der Waals surface area contributed by atoms with Crippen molar-refractivity contribution < 1.29 is 51.5 Å². The Balaban J connectivity index is 0.000000250. The van der Waals surface area contributed by atoms with Gasteiger partial charge in [-0.1, -0.05) is 0 Å². The van der Waals surface area contributed by atoms with E-state index in [0.717, 1.165) is 201 Å². The van der Waals surface area contributed by atoms with E-state index in [1.807, 2.05) is 138 Å². The number of nitrogens with two attached hydrogens (primary N) is 3. The molecule has 6 aromatic carbocycles. The van der Waals surface area contributed by atoms with E-state index in [-0.39, 0.29) is 30.6 Å². The Morgan fingerprint density at radius 1 is 0.283 bits per heavy atom. The summed E-state index contributed by atoms with van der Waals surface area (Å²) < 4.78 is 5.74. The summed E-state index contributed by atoms with van der Waals surface area (Å²) in [5.41, 5.74) is 33.4. The second kappa shape index (κ2) is 45.5. The van der Waals surface area contributed by atoms with Crippen LogP contribution in [0.25, 0.3) is 0 Å². The maximum absolute atomic E-state index is 12.8. The van der Waals surface area contributed by atoms with Crippen LogP contribution in [-0.2, 0) is 14.4 Å². The number of nitrogens with zero attached hydrogens (tertiary/aromatic N) is 11. The van der Waals surface area contributed by atoms with Crippen LogP contribution in [0.3, 0.4) is 0 Å². The number of ketones is 3. The zero-order valence-electron chi connectivity index (χ0n) is 75.1. The molecule has 0 spiro atoms. The predicted octanol–water partition coefficient (Wildman–Crippen LogP) is 11.4. The fourth-order valence-electron chi connectivity index (χ4n) is 13.0. The largest absolute Gasteiger partial charge is 0.397 e. The number of rotatable bonds is 43. The van der Waals surface area contributed by atoms with E-state index in [4.69, 9.17) is 22.2 Å². The fraction of sp³-hybridized carbons (Fsp3) is 0.426. The maximum Gasteiger partial charge on any atom is 0.204 e. The van der Waals surface area contributed by atoms with E-state index in [1.54, 1.807) is 18.2 Å². The topological polar surface area (TPSA) is 297 Å². The Bertz CT molecular complexity index is 4530. The van der Waals surface area contributed by atoms with E-state index < -0.39 is 0 Å². The van der Waals surface area contributed by atoms with Crippen molar-refractivity contribution in [1.82, 2.24) is 0 Å². The first kappa shape index (κ1) is 96.2. The number of quaternary nitrogens is 6. The molecule has 0 radical (unpaired) electrons. The second-order valence-corrected chi connectivity index (χ2v) is 37.1. The van der Waals surface area contributed by atoms with Crippen LogP contribution in [0.5, 0.6) is 0 Å². The molecule has 648 valence electrons. The fourth-order valence-corrected chi connectivity index (χ4v) is 13.0. The normalized spacial score (nSPS) is 15.1. The third kappa shape index (κ3) is 36.7. The quantitative estimate of drug-likeness (QED) is 0.00962. The summed E-state index contributed by atoms with van der Waals surface area (Å²) in [7, 11) is 39.8. The van der Waals surface area contributed by atoms with Crippen molar-refractivity contribution in [2.75, 3.05) is 279 Å². The third-order valence-corrected chi connectivity index (χ3v) is 19.5. The molecule has 3 aliphatic rings. The van der Waals surface area contributed by atoms with E-state index in [9.17, 15) is 24.6 Å². The summed E-state index contributed by atoms with van der Waals surface area (Å²) in [5.74, 6) is -0.540. The SMILES string of the molecule is C[N+](C)(C)CCCNc1ccc(N=C2C=C(Nc3ccc(N(CCC[N+](C)(C)C)CCC[N+](C)(C)C)cc3)C(=O)C=C2N)cc1.C[N+](C)(C)CCCNc1ccc(N=C2C=C(Nc3ccc(NCCC[N+](C)(C)C)cc3)C(=O)C=C2N)cc1.C[N+](C)(C)CCCNc1ccc(NC2=CC(=Nc3ccc(N(CCO)CCO)cc3)C(N)=CC2=O)cc1. The Morgan fingerprint density at radius 3 is 0.742 bits per heavy atom. The molecule has 15 N–H and O–H groups in total. The Kier molecular flexibility index (Phi) is 36.4. The summed E-state index contributed by atoms with van der Waals surface area (Å²) in [4.78, 5) is 56.4. The monoisotopic (exact) mass is 1650 g/mol. The molecule has 0 saturated carbocycles. The highest BCUT2D eigenvalue weighted by Crippen LogP contribution is 2.28. The number of carbonyl (C=O) groups excluding carboxylic acids is 3. The maximum atomic E-state index is 12.8. The Morgan fingerprint density at radius 2 is 0.492 bits per heavy atom. The van der Waals surface area contributed by atoms with Gasteiger partial charge in [0.1, 0.15) is 0 Å². The Labute approximate surface area is 716 Å². The second-order valence-electron chi connectivity index (χ2n) is 37.1. The van der Waals surface area contributed by atoms with Gasteiger partial charge in [-0.2, -0.15) is 0 Å². The average Bonchev–Trinajstić information content (AvgIpc) is 0.829. The van der Waals surface area contributed by atoms with Gasteiger partial charge in [0.15, 0.2) is 0 Å². The van der Waals surface area contributed by atoms with Crippen molar-refractivity contribution in [3.63, 3.8) is 0 Å². The van der Waals surface area contributed by atoms with Gasteiger partial charge in [0.05, 0.1) is 248 Å². The van der Waals surface area contributed by atoms with Crippen LogP contribution >= 0.6 is 0 Å². The van der Waals surface area contributed by atoms with Gasteiger partial charge in [-0.15, -0.1) is 0 Å². The van der Waals surface area contributed by atoms with Crippen LogP contribution < -0.4 is 64.2 Å². The predicted molar refractivity (Wildman–Crippen MR) is 505 cm³/mol. The molecule has 0 amide bonds. The van der Waals surface area contributed by atoms with Gasteiger partial charge in [0, 0.05) is 160 Å². The van der Waals surface area contributed by atoms with E-state index in [0.29, 0.717) is 70.1 Å². The molecule has 6 aromatic rings. The van der Waals surface area contributed by atoms with Crippen molar-refractivity contribution >= 4 is 103 Å². The number of hydrogen-bond acceptors (Lipinski definition) is 20. The molecule has 9 rings (SSSR count). The summed E-state index contributed by atoms with van der Waals surface area (Å²) in [6.07, 6.45) is 16.0. The lowest BCUT2D eigenvalue weighted by molar-refractivity contribution is -0.870. The number of allylic oxidation sites excluding steroid dienone is 6. The number of benzene rings is 6. The van der Waals surface area contributed by atoms with Crippen molar-refractivity contribution in [3.8, 4) is 0 Å². The number of nitrogens with one attached hydrogen (secondary N) is 7. The van der Waals surface area contributed by atoms with Crippen LogP contribution in [0.4, 0.5) is 68.2 Å². The van der Waals surface area contributed by atoms with Crippen LogP contribution in [0, 0.1) is 0 Å². The summed E-state index contributed by atoms with van der Waals surface area (Å²) in [6, 6.07) is 47.5. The van der Waals surface area contributed by atoms with Gasteiger partial charge in [-0.25, -0.2) is 15.0 Å². The van der Waals surface area contributed by atoms with Crippen molar-refractivity contribution in [3.05, 3.63) is 216 Å². The third-order valence-electron chi connectivity index (χ3n) is 19.5. The first-order valence-corrected chi connectivity index (χ1v) is 41.9. The van der Waals surface area contributed by atoms with Crippen LogP contribution in [0.15, 0.2) is 231 Å². The summed E-state index contributed by atoms with van der Waals surface area (Å²) >= 11 is 0. The molecule has 26 heteroatoms. The lowest BCUT2D eigenvalue weighted by atomic mass is 10.1. The molecule has 3 aliphatic carbocycles. The van der Waals surface area contributed by atoms with Crippen LogP contribution in [0.2, 0.25) is 0 Å². The lowest BCUT2D eigenvalue weighted by Gasteiger charge is -2.30. The van der Waals surface area contributed by atoms with E-state index in [1.165, 1.54) is 23.9 Å². The lowest BCUT2D eigenvalue weighted by Crippen LogP contribution is -2.39. The minimum absolute atomic E-state index is 0.00387. The number of anilines is 9. The molecule has 26 nitrogen and oxygen atoms in total. The first-order valence-electron chi connectivity index (χ1n) is 41.9. The average molecular weight is 1650 g/mol. The molecule has 0 bridgehead atoms. The standard InChI is InChI=1S/C36H58N8O.C30H44N7O.C28H38N6O3/c1-42(2,3)24-10-21-38-29-13-15-30(16-14-29)39-34-28-35(36(45)27-33(34)37)40-31-17-19-32(20-18-31)41(22-11-25-43(4,5)6)23-12-26-44(7,8)9;1-36(2,3)19-7-17-32-23-9-13-25(14-10-23)34-28-22-29(30(38)21-27(28)31)35-26-15-11-24(12-16-26)33-18-8-20-37(4,5)6;1-34(2,3)16-4-13-30-21-5-7-22(8-6-21)32-27-20-26(25(29)19-28(27)37)31-23-9-11-24(12-10-23)33(14-17-35)15-18-36/h13-20,27-28H,10-12,21-26H2,1-9H3,(H3-,37,38,39,40,45);9-16,21-22H,7-8,17-20H2,1-6H3,(H4-,31,32,33,34,35,38);5-12,19-20,35-36H,4,13-18H2,1-3H3,(H3-,29,30,31,32,37)/q+2;+1;/p+3. The molecule has 0 fully saturated rings. The molecule has 0 saturated heterocycles. The number of aliphatic hydroxyl groups excluding tert-OH is 2. The first-order chi connectivity index (χ1) is 56.5. The minimum Gasteiger partial charge on any atom is -0.397 e. The van der Waals surface area contributed by atoms with Gasteiger partial charge in [0.25, 0.3) is 0 Å². The molecule has 0 unspecified atom stereocenters. The molecule has 120 heavy (non-hydrogen) atoms. The number of aliphatic imine (C=N–C) groups is 3. The van der Waals surface area contributed by atoms with Crippen molar-refractivity contribution in [2.24, 2.45) is 32.2 Å². The van der Waals surface area contributed by atoms with Gasteiger partial charge in [0.2, 0.25) is 17.3 Å². The minimum atomic E-state index is -0.210. The molecular weight excluding hydrogens is 1500 g/mol. The van der Waals surface area contributed by atoms with Gasteiger partial charge < -0.3 is 101 Å². The highest BCUT2D eigenvalue weighted by Gasteiger charge is 2.23. The van der Waals surface area contributed by atoms with Gasteiger partial charge in [-0.3, -0.25) is 14.4 Å². The van der Waals surface area contributed by atoms with Gasteiger partial charge >= 0.3 is 0 Å². The smallest absolute Gasteiger partial charge is 0.204 e. The van der Waals surface area contributed by atoms with E-state index in [2.05, 4.69) is 191 Å². The zero-order valence-corrected chi connectivity index (χ0v) is 75.1. The van der Waals surface area contributed by atoms with Crippen molar-refractivity contribution in [2.45, 2.75) is 38.5 Å². The summed E-state index contributed by atoms with van der Waals surface area (Å²) in [5, 5.41) is 42.0. The number of carbonyl (C=O) groups is 3. The van der Waals surface area contributed by atoms with Crippen LogP contribution in [0.1, 0.15) is 38.5 Å². The summed E-state index contributed by atoms with van der Waals surface area (Å²) in [6.45, 7) is 13.2. The Hall–Kier alpha value is -10.9. The van der Waals surface area contributed by atoms with E-state index >= 15 is 0 Å². The molecule has 0 aliphatic heterocycles. The zero-order chi connectivity index (χ0) is 87.9.